The second-order valence-corrected chi connectivity index (χ2v) is 8.91. The Morgan fingerprint density at radius 3 is 1.69 bits per heavy atom. The van der Waals surface area contributed by atoms with Crippen LogP contribution in [-0.4, -0.2) is 81.7 Å². The number of carbonyl (C=O) groups excluding carboxylic acids is 3. The molecule has 0 aliphatic carbocycles. The van der Waals surface area contributed by atoms with Gasteiger partial charge in [0.2, 0.25) is 17.7 Å². The van der Waals surface area contributed by atoms with E-state index in [1.807, 2.05) is 0 Å². The van der Waals surface area contributed by atoms with Gasteiger partial charge in [-0.05, 0) is 51.0 Å². The maximum atomic E-state index is 13.0. The van der Waals surface area contributed by atoms with Gasteiger partial charge in [0.25, 0.3) is 0 Å². The Morgan fingerprint density at radius 1 is 0.694 bits per heavy atom. The fourth-order valence-corrected chi connectivity index (χ4v) is 3.22. The van der Waals surface area contributed by atoms with Crippen molar-refractivity contribution in [1.82, 2.24) is 16.0 Å². The van der Waals surface area contributed by atoms with E-state index in [9.17, 15) is 33.9 Å². The molecule has 14 heteroatoms. The third-order valence-corrected chi connectivity index (χ3v) is 5.19. The predicted molar refractivity (Wildman–Crippen MR) is 128 cm³/mol. The van der Waals surface area contributed by atoms with Gasteiger partial charge in [0.1, 0.15) is 18.1 Å². The molecule has 0 fully saturated rings. The van der Waals surface area contributed by atoms with Gasteiger partial charge in [-0.1, -0.05) is 13.8 Å². The lowest BCUT2D eigenvalue weighted by molar-refractivity contribution is -0.143. The van der Waals surface area contributed by atoms with Gasteiger partial charge in [-0.15, -0.1) is 0 Å². The molecule has 0 aromatic rings. The van der Waals surface area contributed by atoms with Crippen molar-refractivity contribution >= 4 is 35.6 Å². The van der Waals surface area contributed by atoms with Gasteiger partial charge in [-0.2, -0.15) is 0 Å². The lowest BCUT2D eigenvalue weighted by atomic mass is 10.0. The molecule has 0 aliphatic heterocycles. The van der Waals surface area contributed by atoms with Gasteiger partial charge in [0.05, 0.1) is 6.04 Å². The minimum Gasteiger partial charge on any atom is -0.481 e. The molecule has 3 amide bonds. The molecule has 0 aromatic carbocycles. The standard InChI is InChI=1S/C22H39N5O9/c1-12(2)11-16(27-19(32)13(24)6-8-17(28)29)21(34)25-14(7-9-18(30)31)20(33)26-15(22(35)36)5-3-4-10-23/h12-16H,3-11,23-24H2,1-2H3,(H,25,34)(H,26,33)(H,27,32)(H,28,29)(H,30,31)(H,35,36). The van der Waals surface area contributed by atoms with Gasteiger partial charge < -0.3 is 42.7 Å². The monoisotopic (exact) mass is 517 g/mol. The number of carbonyl (C=O) groups is 6. The number of hydrogen-bond acceptors (Lipinski definition) is 8. The molecule has 206 valence electrons. The van der Waals surface area contributed by atoms with E-state index in [1.165, 1.54) is 0 Å². The molecule has 10 N–H and O–H groups in total. The summed E-state index contributed by atoms with van der Waals surface area (Å²) in [6, 6.07) is -4.96. The first-order valence-electron chi connectivity index (χ1n) is 11.8. The topological polar surface area (TPSA) is 251 Å². The van der Waals surface area contributed by atoms with Crippen LogP contribution in [0.1, 0.15) is 65.2 Å². The zero-order valence-electron chi connectivity index (χ0n) is 20.7. The number of hydrogen-bond donors (Lipinski definition) is 8. The Balaban J connectivity index is 5.52. The van der Waals surface area contributed by atoms with Crippen LogP contribution in [0.4, 0.5) is 0 Å². The van der Waals surface area contributed by atoms with E-state index in [1.54, 1.807) is 13.8 Å². The lowest BCUT2D eigenvalue weighted by Crippen LogP contribution is -2.57. The van der Waals surface area contributed by atoms with Crippen molar-refractivity contribution in [1.29, 1.82) is 0 Å². The molecule has 0 saturated carbocycles. The maximum absolute atomic E-state index is 13.0. The molecule has 0 saturated heterocycles. The fraction of sp³-hybridized carbons (Fsp3) is 0.727. The number of carboxylic acids is 3. The largest absolute Gasteiger partial charge is 0.481 e. The number of aliphatic carboxylic acids is 3. The average molecular weight is 518 g/mol. The van der Waals surface area contributed by atoms with E-state index in [4.69, 9.17) is 21.7 Å². The molecular weight excluding hydrogens is 478 g/mol. The number of amides is 3. The molecule has 4 atom stereocenters. The zero-order valence-corrected chi connectivity index (χ0v) is 20.7. The molecule has 0 rings (SSSR count). The Morgan fingerprint density at radius 2 is 1.19 bits per heavy atom. The summed E-state index contributed by atoms with van der Waals surface area (Å²) in [5.74, 6) is -6.15. The molecule has 0 aromatic heterocycles. The van der Waals surface area contributed by atoms with Crippen molar-refractivity contribution in [3.63, 3.8) is 0 Å². The highest BCUT2D eigenvalue weighted by molar-refractivity contribution is 5.94. The van der Waals surface area contributed by atoms with Crippen molar-refractivity contribution in [3.05, 3.63) is 0 Å². The summed E-state index contributed by atoms with van der Waals surface area (Å²) in [6.45, 7) is 3.91. The fourth-order valence-electron chi connectivity index (χ4n) is 3.22. The normalized spacial score (nSPS) is 14.2. The Labute approximate surface area is 209 Å². The number of rotatable bonds is 19. The number of nitrogens with one attached hydrogen (secondary N) is 3. The highest BCUT2D eigenvalue weighted by atomic mass is 16.4. The van der Waals surface area contributed by atoms with Gasteiger partial charge in [-0.3, -0.25) is 24.0 Å². The highest BCUT2D eigenvalue weighted by Gasteiger charge is 2.31. The van der Waals surface area contributed by atoms with Crippen LogP contribution in [-0.2, 0) is 28.8 Å². The smallest absolute Gasteiger partial charge is 0.326 e. The van der Waals surface area contributed by atoms with Crippen molar-refractivity contribution in [2.45, 2.75) is 89.4 Å². The van der Waals surface area contributed by atoms with Crippen molar-refractivity contribution < 1.29 is 44.1 Å². The third-order valence-electron chi connectivity index (χ3n) is 5.19. The zero-order chi connectivity index (χ0) is 27.8. The molecule has 4 unspecified atom stereocenters. The molecule has 0 aliphatic rings. The van der Waals surface area contributed by atoms with Gasteiger partial charge >= 0.3 is 17.9 Å². The van der Waals surface area contributed by atoms with Gasteiger partial charge in [0.15, 0.2) is 0 Å². The van der Waals surface area contributed by atoms with E-state index in [2.05, 4.69) is 16.0 Å². The first-order chi connectivity index (χ1) is 16.8. The van der Waals surface area contributed by atoms with Crippen molar-refractivity contribution in [3.8, 4) is 0 Å². The molecule has 36 heavy (non-hydrogen) atoms. The van der Waals surface area contributed by atoms with E-state index in [-0.39, 0.29) is 38.0 Å². The summed E-state index contributed by atoms with van der Waals surface area (Å²) in [4.78, 5) is 71.5. The van der Waals surface area contributed by atoms with Crippen LogP contribution in [0.5, 0.6) is 0 Å². The summed E-state index contributed by atoms with van der Waals surface area (Å²) in [5, 5.41) is 34.4. The molecule has 0 bridgehead atoms. The predicted octanol–water partition coefficient (Wildman–Crippen LogP) is -1.24. The van der Waals surface area contributed by atoms with Gasteiger partial charge in [0, 0.05) is 12.8 Å². The van der Waals surface area contributed by atoms with Crippen molar-refractivity contribution in [2.24, 2.45) is 17.4 Å². The van der Waals surface area contributed by atoms with Crippen LogP contribution in [0, 0.1) is 5.92 Å². The lowest BCUT2D eigenvalue weighted by Gasteiger charge is -2.26. The van der Waals surface area contributed by atoms with Gasteiger partial charge in [-0.25, -0.2) is 4.79 Å². The molecule has 0 radical (unpaired) electrons. The van der Waals surface area contributed by atoms with Crippen LogP contribution < -0.4 is 27.4 Å². The maximum Gasteiger partial charge on any atom is 0.326 e. The first-order valence-corrected chi connectivity index (χ1v) is 11.8. The van der Waals surface area contributed by atoms with E-state index >= 15 is 0 Å². The second kappa shape index (κ2) is 17.2. The van der Waals surface area contributed by atoms with Crippen LogP contribution in [0.25, 0.3) is 0 Å². The van der Waals surface area contributed by atoms with Crippen molar-refractivity contribution in [2.75, 3.05) is 6.54 Å². The molecule has 0 heterocycles. The summed E-state index contributed by atoms with van der Waals surface area (Å²) < 4.78 is 0. The van der Waals surface area contributed by atoms with Crippen LogP contribution >= 0.6 is 0 Å². The summed E-state index contributed by atoms with van der Waals surface area (Å²) >= 11 is 0. The second-order valence-electron chi connectivity index (χ2n) is 8.91. The Bertz CT molecular complexity index is 775. The third kappa shape index (κ3) is 14.2. The van der Waals surface area contributed by atoms with E-state index in [0.717, 1.165) is 0 Å². The highest BCUT2D eigenvalue weighted by Crippen LogP contribution is 2.09. The summed E-state index contributed by atoms with van der Waals surface area (Å²) in [5.41, 5.74) is 11.1. The average Bonchev–Trinajstić information content (AvgIpc) is 2.78. The number of carboxylic acid groups (broad SMARTS) is 3. The van der Waals surface area contributed by atoms with E-state index in [0.29, 0.717) is 19.4 Å². The van der Waals surface area contributed by atoms with Crippen LogP contribution in [0.3, 0.4) is 0 Å². The van der Waals surface area contributed by atoms with Crippen LogP contribution in [0.15, 0.2) is 0 Å². The molecule has 14 nitrogen and oxygen atoms in total. The first kappa shape index (κ1) is 32.7. The molecule has 0 spiro atoms. The minimum atomic E-state index is -1.38. The van der Waals surface area contributed by atoms with Crippen LogP contribution in [0.2, 0.25) is 0 Å². The molecular formula is C22H39N5O9. The summed E-state index contributed by atoms with van der Waals surface area (Å²) in [6.07, 6.45) is -0.0717. The SMILES string of the molecule is CC(C)CC(NC(=O)C(N)CCC(=O)O)C(=O)NC(CCC(=O)O)C(=O)NC(CCCCN)C(=O)O. The number of nitrogens with two attached hydrogens (primary N) is 2. The Hall–Kier alpha value is -3.26. The van der Waals surface area contributed by atoms with E-state index < -0.39 is 66.2 Å². The quantitative estimate of drug-likeness (QED) is 0.0940. The summed E-state index contributed by atoms with van der Waals surface area (Å²) in [7, 11) is 0. The Kier molecular flexibility index (Phi) is 15.7. The number of unbranched alkanes of at least 4 members (excludes halogenated alkanes) is 1. The minimum absolute atomic E-state index is 0.0819.